The SMILES string of the molecule is Cn1cc(-c2ccnc3[nH]ccc23)c(-c2cncnc2)n1. The number of aromatic amines is 1. The zero-order valence-electron chi connectivity index (χ0n) is 11.4. The predicted octanol–water partition coefficient (Wildman–Crippen LogP) is 2.42. The van der Waals surface area contributed by atoms with Gasteiger partial charge >= 0.3 is 0 Å². The third-order valence-electron chi connectivity index (χ3n) is 3.41. The molecule has 0 spiro atoms. The average Bonchev–Trinajstić information content (AvgIpc) is 3.14. The average molecular weight is 276 g/mol. The summed E-state index contributed by atoms with van der Waals surface area (Å²) in [6.07, 6.45) is 10.8. The maximum Gasteiger partial charge on any atom is 0.137 e. The van der Waals surface area contributed by atoms with Crippen LogP contribution in [0.5, 0.6) is 0 Å². The first-order valence-corrected chi connectivity index (χ1v) is 6.54. The Bertz CT molecular complexity index is 906. The molecule has 0 amide bonds. The van der Waals surface area contributed by atoms with Crippen LogP contribution in [0.25, 0.3) is 33.4 Å². The lowest BCUT2D eigenvalue weighted by molar-refractivity contribution is 0.770. The van der Waals surface area contributed by atoms with Gasteiger partial charge in [0, 0.05) is 54.5 Å². The molecule has 0 radical (unpaired) electrons. The maximum atomic E-state index is 4.55. The van der Waals surface area contributed by atoms with Crippen LogP contribution < -0.4 is 0 Å². The van der Waals surface area contributed by atoms with Gasteiger partial charge in [-0.3, -0.25) is 4.68 Å². The van der Waals surface area contributed by atoms with Crippen molar-refractivity contribution < 1.29 is 0 Å². The summed E-state index contributed by atoms with van der Waals surface area (Å²) in [6.45, 7) is 0. The van der Waals surface area contributed by atoms with Crippen molar-refractivity contribution in [3.63, 3.8) is 0 Å². The first-order chi connectivity index (χ1) is 10.3. The zero-order valence-corrected chi connectivity index (χ0v) is 11.4. The van der Waals surface area contributed by atoms with Crippen molar-refractivity contribution in [1.82, 2.24) is 29.7 Å². The molecule has 0 aliphatic heterocycles. The standard InChI is InChI=1S/C15H12N6/c1-21-8-13(14(20-21)10-6-16-9-17-7-10)11-2-4-18-15-12(11)3-5-19-15/h2-9H,1H3,(H,18,19). The number of aromatic nitrogens is 6. The molecule has 6 heteroatoms. The minimum atomic E-state index is 0.867. The van der Waals surface area contributed by atoms with Gasteiger partial charge in [-0.1, -0.05) is 0 Å². The molecule has 0 saturated heterocycles. The molecule has 0 aliphatic carbocycles. The number of nitrogens with one attached hydrogen (secondary N) is 1. The number of nitrogens with zero attached hydrogens (tertiary/aromatic N) is 5. The molecule has 0 aliphatic rings. The Kier molecular flexibility index (Phi) is 2.53. The summed E-state index contributed by atoms with van der Waals surface area (Å²) in [5.74, 6) is 0. The number of hydrogen-bond acceptors (Lipinski definition) is 4. The van der Waals surface area contributed by atoms with Gasteiger partial charge in [0.25, 0.3) is 0 Å². The smallest absolute Gasteiger partial charge is 0.137 e. The van der Waals surface area contributed by atoms with Gasteiger partial charge in [0.15, 0.2) is 0 Å². The topological polar surface area (TPSA) is 72.3 Å². The van der Waals surface area contributed by atoms with Crippen LogP contribution in [0.1, 0.15) is 0 Å². The van der Waals surface area contributed by atoms with Crippen LogP contribution in [-0.2, 0) is 7.05 Å². The summed E-state index contributed by atoms with van der Waals surface area (Å²) in [5, 5.41) is 5.63. The molecule has 4 aromatic rings. The van der Waals surface area contributed by atoms with Gasteiger partial charge in [-0.15, -0.1) is 0 Å². The van der Waals surface area contributed by atoms with E-state index >= 15 is 0 Å². The minimum absolute atomic E-state index is 0.867. The fraction of sp³-hybridized carbons (Fsp3) is 0.0667. The third-order valence-corrected chi connectivity index (χ3v) is 3.41. The van der Waals surface area contributed by atoms with Crippen molar-refractivity contribution in [3.8, 4) is 22.4 Å². The van der Waals surface area contributed by atoms with E-state index in [1.165, 1.54) is 6.33 Å². The predicted molar refractivity (Wildman–Crippen MR) is 79.3 cm³/mol. The molecule has 0 atom stereocenters. The third kappa shape index (κ3) is 1.88. The monoisotopic (exact) mass is 276 g/mol. The van der Waals surface area contributed by atoms with Crippen molar-refractivity contribution in [1.29, 1.82) is 0 Å². The van der Waals surface area contributed by atoms with Gasteiger partial charge in [0.1, 0.15) is 17.7 Å². The van der Waals surface area contributed by atoms with Gasteiger partial charge in [0.2, 0.25) is 0 Å². The van der Waals surface area contributed by atoms with E-state index in [4.69, 9.17) is 0 Å². The van der Waals surface area contributed by atoms with Gasteiger partial charge in [0.05, 0.1) is 0 Å². The molecule has 0 fully saturated rings. The Balaban J connectivity index is 2.00. The van der Waals surface area contributed by atoms with E-state index in [-0.39, 0.29) is 0 Å². The second kappa shape index (κ2) is 4.52. The van der Waals surface area contributed by atoms with Crippen molar-refractivity contribution in [2.75, 3.05) is 0 Å². The number of H-pyrrole nitrogens is 1. The first kappa shape index (κ1) is 11.8. The Hall–Kier alpha value is -3.02. The lowest BCUT2D eigenvalue weighted by Crippen LogP contribution is -1.89. The van der Waals surface area contributed by atoms with Crippen molar-refractivity contribution >= 4 is 11.0 Å². The van der Waals surface area contributed by atoms with Crippen LogP contribution in [0, 0.1) is 0 Å². The maximum absolute atomic E-state index is 4.55. The highest BCUT2D eigenvalue weighted by atomic mass is 15.3. The quantitative estimate of drug-likeness (QED) is 0.610. The molecule has 0 bridgehead atoms. The van der Waals surface area contributed by atoms with E-state index < -0.39 is 0 Å². The molecule has 4 heterocycles. The fourth-order valence-electron chi connectivity index (χ4n) is 2.52. The molecule has 4 rings (SSSR count). The van der Waals surface area contributed by atoms with Gasteiger partial charge in [-0.05, 0) is 17.7 Å². The van der Waals surface area contributed by atoms with Crippen LogP contribution in [-0.4, -0.2) is 29.7 Å². The Morgan fingerprint density at radius 3 is 2.81 bits per heavy atom. The summed E-state index contributed by atoms with van der Waals surface area (Å²) in [7, 11) is 1.91. The minimum Gasteiger partial charge on any atom is -0.346 e. The molecule has 0 saturated carbocycles. The highest BCUT2D eigenvalue weighted by molar-refractivity contribution is 5.96. The second-order valence-corrected chi connectivity index (χ2v) is 4.79. The van der Waals surface area contributed by atoms with Crippen LogP contribution in [0.2, 0.25) is 0 Å². The Morgan fingerprint density at radius 1 is 1.10 bits per heavy atom. The molecular weight excluding hydrogens is 264 g/mol. The van der Waals surface area contributed by atoms with E-state index in [1.54, 1.807) is 23.3 Å². The molecular formula is C15H12N6. The number of aryl methyl sites for hydroxylation is 1. The molecule has 102 valence electrons. The lowest BCUT2D eigenvalue weighted by atomic mass is 10.0. The summed E-state index contributed by atoms with van der Waals surface area (Å²) >= 11 is 0. The van der Waals surface area contributed by atoms with E-state index in [1.807, 2.05) is 31.6 Å². The number of pyridine rings is 1. The van der Waals surface area contributed by atoms with Crippen LogP contribution in [0.3, 0.4) is 0 Å². The van der Waals surface area contributed by atoms with Gasteiger partial charge in [-0.25, -0.2) is 15.0 Å². The van der Waals surface area contributed by atoms with Gasteiger partial charge in [-0.2, -0.15) is 5.10 Å². The molecule has 21 heavy (non-hydrogen) atoms. The molecule has 1 N–H and O–H groups in total. The number of fused-ring (bicyclic) bond motifs is 1. The highest BCUT2D eigenvalue weighted by Gasteiger charge is 2.15. The number of hydrogen-bond donors (Lipinski definition) is 1. The van der Waals surface area contributed by atoms with E-state index in [0.29, 0.717) is 0 Å². The summed E-state index contributed by atoms with van der Waals surface area (Å²) < 4.78 is 1.80. The summed E-state index contributed by atoms with van der Waals surface area (Å²) in [6, 6.07) is 4.02. The molecule has 0 unspecified atom stereocenters. The van der Waals surface area contributed by atoms with Gasteiger partial charge < -0.3 is 4.98 Å². The largest absolute Gasteiger partial charge is 0.346 e. The fourth-order valence-corrected chi connectivity index (χ4v) is 2.52. The second-order valence-electron chi connectivity index (χ2n) is 4.79. The Morgan fingerprint density at radius 2 is 1.95 bits per heavy atom. The number of rotatable bonds is 2. The van der Waals surface area contributed by atoms with Crippen LogP contribution in [0.15, 0.2) is 49.4 Å². The van der Waals surface area contributed by atoms with Crippen LogP contribution in [0.4, 0.5) is 0 Å². The van der Waals surface area contributed by atoms with E-state index in [2.05, 4.69) is 25.0 Å². The highest BCUT2D eigenvalue weighted by Crippen LogP contribution is 2.33. The molecule has 4 aromatic heterocycles. The first-order valence-electron chi connectivity index (χ1n) is 6.54. The summed E-state index contributed by atoms with van der Waals surface area (Å²) in [5.41, 5.74) is 4.76. The van der Waals surface area contributed by atoms with E-state index in [9.17, 15) is 0 Å². The normalized spacial score (nSPS) is 11.1. The zero-order chi connectivity index (χ0) is 14.2. The lowest BCUT2D eigenvalue weighted by Gasteiger charge is -2.03. The van der Waals surface area contributed by atoms with Crippen LogP contribution >= 0.6 is 0 Å². The summed E-state index contributed by atoms with van der Waals surface area (Å²) in [4.78, 5) is 15.6. The molecule has 0 aromatic carbocycles. The van der Waals surface area contributed by atoms with Crippen molar-refractivity contribution in [3.05, 3.63) is 49.4 Å². The Labute approximate surface area is 120 Å². The molecule has 6 nitrogen and oxygen atoms in total. The van der Waals surface area contributed by atoms with Crippen molar-refractivity contribution in [2.45, 2.75) is 0 Å². The van der Waals surface area contributed by atoms with Crippen molar-refractivity contribution in [2.24, 2.45) is 7.05 Å². The van der Waals surface area contributed by atoms with E-state index in [0.717, 1.165) is 33.4 Å².